The van der Waals surface area contributed by atoms with Crippen molar-refractivity contribution < 1.29 is 10.0 Å². The van der Waals surface area contributed by atoms with Crippen LogP contribution in [-0.2, 0) is 0 Å². The predicted octanol–water partition coefficient (Wildman–Crippen LogP) is 3.21. The zero-order valence-corrected chi connectivity index (χ0v) is 13.8. The Morgan fingerprint density at radius 1 is 1.33 bits per heavy atom. The first-order valence-electron chi connectivity index (χ1n) is 7.34. The monoisotopic (exact) mass is 306 g/mol. The molecule has 2 rings (SSSR count). The molecule has 1 fully saturated rings. The first-order valence-corrected chi connectivity index (χ1v) is 10.8. The third-order valence-corrected chi connectivity index (χ3v) is 5.89. The average molecular weight is 306 g/mol. The summed E-state index contributed by atoms with van der Waals surface area (Å²) in [6, 6.07) is 3.21. The molecule has 0 amide bonds. The van der Waals surface area contributed by atoms with Gasteiger partial charge >= 0.3 is 0 Å². The van der Waals surface area contributed by atoms with Crippen molar-refractivity contribution in [3.05, 3.63) is 27.8 Å². The van der Waals surface area contributed by atoms with Crippen molar-refractivity contribution in [1.82, 2.24) is 0 Å². The van der Waals surface area contributed by atoms with Crippen LogP contribution < -0.4 is 5.19 Å². The number of hydrogen-bond donors (Lipinski definition) is 1. The zero-order valence-electron chi connectivity index (χ0n) is 12.8. The van der Waals surface area contributed by atoms with Gasteiger partial charge in [-0.3, -0.25) is 15.1 Å². The Kier molecular flexibility index (Phi) is 4.46. The van der Waals surface area contributed by atoms with E-state index in [-0.39, 0.29) is 11.4 Å². The minimum absolute atomic E-state index is 0.0260. The Morgan fingerprint density at radius 2 is 1.95 bits per heavy atom. The lowest BCUT2D eigenvalue weighted by Gasteiger charge is -2.19. The van der Waals surface area contributed by atoms with Crippen LogP contribution in [0.15, 0.2) is 17.1 Å². The number of aromatic hydroxyl groups is 1. The molecule has 0 bridgehead atoms. The van der Waals surface area contributed by atoms with Crippen molar-refractivity contribution in [2.45, 2.75) is 51.4 Å². The highest BCUT2D eigenvalue weighted by Crippen LogP contribution is 2.25. The van der Waals surface area contributed by atoms with Crippen LogP contribution in [0.1, 0.15) is 31.2 Å². The summed E-state index contributed by atoms with van der Waals surface area (Å²) in [6.45, 7) is 6.18. The first-order chi connectivity index (χ1) is 9.79. The highest BCUT2D eigenvalue weighted by Gasteiger charge is 2.25. The van der Waals surface area contributed by atoms with Crippen LogP contribution in [0.2, 0.25) is 19.6 Å². The molecule has 0 radical (unpaired) electrons. The van der Waals surface area contributed by atoms with E-state index in [1.54, 1.807) is 6.21 Å². The van der Waals surface area contributed by atoms with Gasteiger partial charge in [0.25, 0.3) is 5.69 Å². The molecular formula is C15H22N2O3Si. The summed E-state index contributed by atoms with van der Waals surface area (Å²) in [5.74, 6) is 0.154. The van der Waals surface area contributed by atoms with E-state index in [9.17, 15) is 15.2 Å². The third-order valence-electron chi connectivity index (χ3n) is 3.89. The van der Waals surface area contributed by atoms with Gasteiger partial charge in [-0.15, -0.1) is 0 Å². The van der Waals surface area contributed by atoms with Crippen LogP contribution >= 0.6 is 0 Å². The second-order valence-corrected chi connectivity index (χ2v) is 11.7. The fourth-order valence-corrected chi connectivity index (χ4v) is 4.09. The van der Waals surface area contributed by atoms with Gasteiger partial charge in [-0.1, -0.05) is 32.5 Å². The van der Waals surface area contributed by atoms with Crippen LogP contribution in [0, 0.1) is 10.1 Å². The normalized spacial score (nSPS) is 16.7. The molecule has 1 N–H and O–H groups in total. The van der Waals surface area contributed by atoms with Gasteiger partial charge in [0.05, 0.1) is 13.0 Å². The Hall–Kier alpha value is -1.69. The van der Waals surface area contributed by atoms with E-state index < -0.39 is 13.0 Å². The summed E-state index contributed by atoms with van der Waals surface area (Å²) < 4.78 is 0. The lowest BCUT2D eigenvalue weighted by atomic mass is 10.2. The molecule has 6 heteroatoms. The molecule has 0 saturated heterocycles. The van der Waals surface area contributed by atoms with Gasteiger partial charge in [0.15, 0.2) is 0 Å². The third kappa shape index (κ3) is 3.69. The van der Waals surface area contributed by atoms with Crippen LogP contribution in [-0.4, -0.2) is 30.4 Å². The number of rotatable bonds is 4. The number of nitro groups is 1. The molecule has 1 aliphatic rings. The predicted molar refractivity (Wildman–Crippen MR) is 87.6 cm³/mol. The second kappa shape index (κ2) is 5.97. The summed E-state index contributed by atoms with van der Waals surface area (Å²) in [7, 11) is -1.86. The number of nitrogens with zero attached hydrogens (tertiary/aromatic N) is 2. The fourth-order valence-electron chi connectivity index (χ4n) is 2.66. The standard InChI is InChI=1S/C15H22N2O3Si/c1-21(2,3)14-9-13(17(19)20)8-11(15(14)18)10-16-12-6-4-5-7-12/h8-10,12,18H,4-7H2,1-3H3. The molecular weight excluding hydrogens is 284 g/mol. The Bertz CT molecular complexity index is 573. The van der Waals surface area contributed by atoms with E-state index in [1.165, 1.54) is 25.0 Å². The molecule has 1 aliphatic carbocycles. The Morgan fingerprint density at radius 3 is 2.48 bits per heavy atom. The summed E-state index contributed by atoms with van der Waals surface area (Å²) in [5.41, 5.74) is 0.492. The van der Waals surface area contributed by atoms with Crippen molar-refractivity contribution in [1.29, 1.82) is 0 Å². The number of aliphatic imine (C=N–C) groups is 1. The van der Waals surface area contributed by atoms with E-state index in [1.807, 2.05) is 0 Å². The van der Waals surface area contributed by atoms with Gasteiger partial charge in [0.1, 0.15) is 5.75 Å². The topological polar surface area (TPSA) is 75.7 Å². The lowest BCUT2D eigenvalue weighted by molar-refractivity contribution is -0.384. The summed E-state index contributed by atoms with van der Waals surface area (Å²) in [5, 5.41) is 22.2. The number of nitro benzene ring substituents is 1. The first kappa shape index (κ1) is 15.7. The van der Waals surface area contributed by atoms with Crippen molar-refractivity contribution in [2.24, 2.45) is 4.99 Å². The van der Waals surface area contributed by atoms with Crippen molar-refractivity contribution in [2.75, 3.05) is 0 Å². The zero-order chi connectivity index (χ0) is 15.6. The van der Waals surface area contributed by atoms with Crippen molar-refractivity contribution >= 4 is 25.2 Å². The summed E-state index contributed by atoms with van der Waals surface area (Å²) in [6.07, 6.45) is 6.11. The number of non-ortho nitro benzene ring substituents is 1. The maximum absolute atomic E-state index is 11.1. The minimum Gasteiger partial charge on any atom is -0.507 e. The highest BCUT2D eigenvalue weighted by atomic mass is 28.3. The van der Waals surface area contributed by atoms with E-state index in [0.717, 1.165) is 12.8 Å². The molecule has 1 saturated carbocycles. The number of benzene rings is 1. The maximum Gasteiger partial charge on any atom is 0.270 e. The molecule has 1 aromatic rings. The van der Waals surface area contributed by atoms with E-state index >= 15 is 0 Å². The van der Waals surface area contributed by atoms with Crippen molar-refractivity contribution in [3.63, 3.8) is 0 Å². The molecule has 5 nitrogen and oxygen atoms in total. The van der Waals surface area contributed by atoms with Crippen molar-refractivity contribution in [3.8, 4) is 5.75 Å². The Balaban J connectivity index is 2.43. The van der Waals surface area contributed by atoms with Crippen LogP contribution in [0.25, 0.3) is 0 Å². The molecule has 21 heavy (non-hydrogen) atoms. The van der Waals surface area contributed by atoms with Gasteiger partial charge < -0.3 is 5.11 Å². The SMILES string of the molecule is C[Si](C)(C)c1cc([N+](=O)[O-])cc(C=NC2CCCC2)c1O. The molecule has 114 valence electrons. The highest BCUT2D eigenvalue weighted by molar-refractivity contribution is 6.89. The molecule has 0 heterocycles. The van der Waals surface area contributed by atoms with E-state index in [0.29, 0.717) is 16.8 Å². The number of phenols is 1. The summed E-state index contributed by atoms with van der Waals surface area (Å²) in [4.78, 5) is 15.2. The second-order valence-electron chi connectivity index (χ2n) is 6.65. The van der Waals surface area contributed by atoms with Crippen LogP contribution in [0.4, 0.5) is 5.69 Å². The lowest BCUT2D eigenvalue weighted by Crippen LogP contribution is -2.38. The van der Waals surface area contributed by atoms with Gasteiger partial charge in [-0.05, 0) is 18.0 Å². The van der Waals surface area contributed by atoms with Crippen LogP contribution in [0.5, 0.6) is 5.75 Å². The van der Waals surface area contributed by atoms with Gasteiger partial charge in [-0.2, -0.15) is 0 Å². The smallest absolute Gasteiger partial charge is 0.270 e. The molecule has 0 atom stereocenters. The van der Waals surface area contributed by atoms with Gasteiger partial charge in [-0.25, -0.2) is 0 Å². The summed E-state index contributed by atoms with van der Waals surface area (Å²) >= 11 is 0. The minimum atomic E-state index is -1.86. The Labute approximate surface area is 125 Å². The van der Waals surface area contributed by atoms with Crippen LogP contribution in [0.3, 0.4) is 0 Å². The quantitative estimate of drug-likeness (QED) is 0.401. The largest absolute Gasteiger partial charge is 0.507 e. The maximum atomic E-state index is 11.1. The van der Waals surface area contributed by atoms with E-state index in [4.69, 9.17) is 0 Å². The van der Waals surface area contributed by atoms with Gasteiger partial charge in [0, 0.05) is 30.0 Å². The van der Waals surface area contributed by atoms with E-state index in [2.05, 4.69) is 24.6 Å². The number of phenolic OH excluding ortho intramolecular Hbond substituents is 1. The van der Waals surface area contributed by atoms with Gasteiger partial charge in [0.2, 0.25) is 0 Å². The molecule has 0 spiro atoms. The molecule has 0 unspecified atom stereocenters. The fraction of sp³-hybridized carbons (Fsp3) is 0.533. The molecule has 0 aliphatic heterocycles. The number of hydrogen-bond acceptors (Lipinski definition) is 4. The molecule has 1 aromatic carbocycles. The molecule has 0 aromatic heterocycles. The average Bonchev–Trinajstić information content (AvgIpc) is 2.88.